The van der Waals surface area contributed by atoms with Crippen molar-refractivity contribution in [3.05, 3.63) is 0 Å². The van der Waals surface area contributed by atoms with Gasteiger partial charge in [0.05, 0.1) is 13.2 Å². The van der Waals surface area contributed by atoms with Crippen LogP contribution in [0.1, 0.15) is 47.0 Å². The molecule has 0 aromatic heterocycles. The van der Waals surface area contributed by atoms with Gasteiger partial charge in [-0.2, -0.15) is 0 Å². The maximum Gasteiger partial charge on any atom is 0.320 e. The van der Waals surface area contributed by atoms with Crippen LogP contribution in [-0.4, -0.2) is 33.2 Å². The fourth-order valence-corrected chi connectivity index (χ4v) is 3.15. The molecule has 0 radical (unpaired) electrons. The molecule has 0 saturated heterocycles. The molecule has 0 heterocycles. The third kappa shape index (κ3) is 8.54. The number of esters is 2. The highest BCUT2D eigenvalue weighted by molar-refractivity contribution is 6.83. The maximum atomic E-state index is 12.4. The lowest BCUT2D eigenvalue weighted by Gasteiger charge is -2.27. The van der Waals surface area contributed by atoms with Crippen molar-refractivity contribution < 1.29 is 19.1 Å². The van der Waals surface area contributed by atoms with Gasteiger partial charge in [0.2, 0.25) is 0 Å². The van der Waals surface area contributed by atoms with E-state index in [-0.39, 0.29) is 25.0 Å². The Morgan fingerprint density at radius 3 is 1.88 bits per heavy atom. The predicted octanol–water partition coefficient (Wildman–Crippen LogP) is 4.05. The van der Waals surface area contributed by atoms with Crippen LogP contribution in [0.3, 0.4) is 0 Å². The number of rotatable bonds is 9. The predicted molar refractivity (Wildman–Crippen MR) is 100 cm³/mol. The van der Waals surface area contributed by atoms with Crippen LogP contribution in [0.5, 0.6) is 0 Å². The van der Waals surface area contributed by atoms with Crippen LogP contribution in [0.15, 0.2) is 0 Å². The Morgan fingerprint density at radius 1 is 1.00 bits per heavy atom. The first-order chi connectivity index (χ1) is 11.2. The summed E-state index contributed by atoms with van der Waals surface area (Å²) in [5.74, 6) is 1.21. The lowest BCUT2D eigenvalue weighted by Crippen LogP contribution is -2.37. The largest absolute Gasteiger partial charge is 0.465 e. The fraction of sp³-hybridized carbons (Fsp3) is 0.789. The maximum absolute atomic E-state index is 12.4. The minimum atomic E-state index is -1.51. The average molecular weight is 355 g/mol. The number of carbonyl (C=O) groups is 2. The van der Waals surface area contributed by atoms with Gasteiger partial charge in [0.15, 0.2) is 5.92 Å². The Morgan fingerprint density at radius 2 is 1.50 bits per heavy atom. The lowest BCUT2D eigenvalue weighted by atomic mass is 9.79. The highest BCUT2D eigenvalue weighted by Crippen LogP contribution is 2.29. The molecule has 0 aliphatic carbocycles. The van der Waals surface area contributed by atoms with Crippen molar-refractivity contribution in [2.75, 3.05) is 13.2 Å². The molecule has 24 heavy (non-hydrogen) atoms. The molecule has 0 aromatic rings. The van der Waals surface area contributed by atoms with Crippen molar-refractivity contribution in [1.82, 2.24) is 0 Å². The summed E-state index contributed by atoms with van der Waals surface area (Å²) in [6.45, 7) is 14.6. The van der Waals surface area contributed by atoms with Crippen molar-refractivity contribution in [2.24, 2.45) is 17.8 Å². The number of unbranched alkanes of at least 4 members (excludes halogenated alkanes) is 1. The van der Waals surface area contributed by atoms with Gasteiger partial charge in [0, 0.05) is 5.92 Å². The Hall–Kier alpha value is -1.28. The lowest BCUT2D eigenvalue weighted by molar-refractivity contribution is -0.165. The van der Waals surface area contributed by atoms with Gasteiger partial charge in [-0.05, 0) is 26.2 Å². The normalized spacial score (nSPS) is 13.7. The van der Waals surface area contributed by atoms with E-state index in [0.717, 1.165) is 19.3 Å². The van der Waals surface area contributed by atoms with E-state index in [0.29, 0.717) is 0 Å². The number of ether oxygens (including phenoxy) is 2. The molecular weight excluding hydrogens is 320 g/mol. The van der Waals surface area contributed by atoms with Crippen LogP contribution in [0.25, 0.3) is 0 Å². The molecule has 0 unspecified atom stereocenters. The van der Waals surface area contributed by atoms with Crippen LogP contribution in [-0.2, 0) is 19.1 Å². The van der Waals surface area contributed by atoms with Crippen molar-refractivity contribution in [2.45, 2.75) is 66.6 Å². The molecule has 5 heteroatoms. The van der Waals surface area contributed by atoms with E-state index in [9.17, 15) is 9.59 Å². The van der Waals surface area contributed by atoms with Gasteiger partial charge in [0.25, 0.3) is 0 Å². The van der Waals surface area contributed by atoms with Gasteiger partial charge in [-0.1, -0.05) is 46.3 Å². The van der Waals surface area contributed by atoms with E-state index < -0.39 is 25.9 Å². The molecule has 0 aliphatic heterocycles. The van der Waals surface area contributed by atoms with Crippen LogP contribution < -0.4 is 0 Å². The third-order valence-corrected chi connectivity index (χ3v) is 4.61. The van der Waals surface area contributed by atoms with Gasteiger partial charge in [-0.25, -0.2) is 0 Å². The Labute approximate surface area is 148 Å². The molecular formula is C19H34O4Si. The van der Waals surface area contributed by atoms with Crippen molar-refractivity contribution in [3.63, 3.8) is 0 Å². The summed E-state index contributed by atoms with van der Waals surface area (Å²) in [4.78, 5) is 24.8. The van der Waals surface area contributed by atoms with Crippen molar-refractivity contribution in [1.29, 1.82) is 0 Å². The highest BCUT2D eigenvalue weighted by atomic mass is 28.3. The second-order valence-electron chi connectivity index (χ2n) is 7.10. The van der Waals surface area contributed by atoms with E-state index in [2.05, 4.69) is 38.0 Å². The van der Waals surface area contributed by atoms with Crippen LogP contribution in [0.2, 0.25) is 19.6 Å². The second kappa shape index (κ2) is 11.3. The van der Waals surface area contributed by atoms with Crippen LogP contribution in [0.4, 0.5) is 0 Å². The highest BCUT2D eigenvalue weighted by Gasteiger charge is 2.39. The number of hydrogen-bond donors (Lipinski definition) is 0. The fourth-order valence-electron chi connectivity index (χ4n) is 2.49. The van der Waals surface area contributed by atoms with E-state index in [1.54, 1.807) is 13.8 Å². The van der Waals surface area contributed by atoms with Crippen molar-refractivity contribution >= 4 is 20.0 Å². The minimum Gasteiger partial charge on any atom is -0.465 e. The van der Waals surface area contributed by atoms with Gasteiger partial charge in [-0.15, -0.1) is 11.5 Å². The molecule has 0 amide bonds. The molecule has 0 spiro atoms. The summed E-state index contributed by atoms with van der Waals surface area (Å²) in [7, 11) is -1.51. The topological polar surface area (TPSA) is 52.6 Å². The number of carbonyl (C=O) groups excluding carboxylic acids is 2. The standard InChI is InChI=1S/C19H34O4Si/c1-8-11-12-16(15(4)13-14-24(5,6)7)17(18(20)22-9-2)19(21)23-10-3/h15-17H,8-12H2,1-7H3/t15-,16-/m0/s1. The van der Waals surface area contributed by atoms with E-state index in [4.69, 9.17) is 9.47 Å². The zero-order chi connectivity index (χ0) is 18.8. The Kier molecular flexibility index (Phi) is 10.7. The molecule has 4 nitrogen and oxygen atoms in total. The van der Waals surface area contributed by atoms with Crippen molar-refractivity contribution in [3.8, 4) is 11.5 Å². The summed E-state index contributed by atoms with van der Waals surface area (Å²) in [6, 6.07) is 0. The van der Waals surface area contributed by atoms with Crippen LogP contribution in [0, 0.1) is 29.2 Å². The van der Waals surface area contributed by atoms with E-state index in [1.807, 2.05) is 6.92 Å². The first kappa shape index (κ1) is 22.7. The smallest absolute Gasteiger partial charge is 0.320 e. The molecule has 2 atom stereocenters. The van der Waals surface area contributed by atoms with Gasteiger partial charge < -0.3 is 9.47 Å². The van der Waals surface area contributed by atoms with Crippen LogP contribution >= 0.6 is 0 Å². The zero-order valence-electron chi connectivity index (χ0n) is 16.4. The zero-order valence-corrected chi connectivity index (χ0v) is 17.4. The molecule has 0 aliphatic rings. The SMILES string of the molecule is CCCC[C@H](C(C(=O)OCC)C(=O)OCC)[C@@H](C)C#C[Si](C)(C)C. The summed E-state index contributed by atoms with van der Waals surface area (Å²) < 4.78 is 10.3. The summed E-state index contributed by atoms with van der Waals surface area (Å²) in [5.41, 5.74) is 3.36. The molecule has 0 N–H and O–H groups in total. The quantitative estimate of drug-likeness (QED) is 0.271. The summed E-state index contributed by atoms with van der Waals surface area (Å²) in [6.07, 6.45) is 2.71. The minimum absolute atomic E-state index is 0.0536. The molecule has 0 rings (SSSR count). The van der Waals surface area contributed by atoms with E-state index >= 15 is 0 Å². The second-order valence-corrected chi connectivity index (χ2v) is 11.8. The van der Waals surface area contributed by atoms with E-state index in [1.165, 1.54) is 0 Å². The van der Waals surface area contributed by atoms with Gasteiger partial charge in [-0.3, -0.25) is 9.59 Å². The summed E-state index contributed by atoms with van der Waals surface area (Å²) in [5, 5.41) is 0. The average Bonchev–Trinajstić information content (AvgIpc) is 2.48. The van der Waals surface area contributed by atoms with Gasteiger partial charge >= 0.3 is 11.9 Å². The molecule has 0 aromatic carbocycles. The first-order valence-corrected chi connectivity index (χ1v) is 12.5. The summed E-state index contributed by atoms with van der Waals surface area (Å²) >= 11 is 0. The number of hydrogen-bond acceptors (Lipinski definition) is 4. The molecule has 138 valence electrons. The molecule has 0 saturated carbocycles. The Balaban J connectivity index is 5.59. The monoisotopic (exact) mass is 354 g/mol. The third-order valence-electron chi connectivity index (χ3n) is 3.72. The van der Waals surface area contributed by atoms with Gasteiger partial charge in [0.1, 0.15) is 8.07 Å². The molecule has 0 bridgehead atoms. The first-order valence-electron chi connectivity index (χ1n) is 9.03. The Bertz CT molecular complexity index is 438. The molecule has 0 fully saturated rings.